The Hall–Kier alpha value is -5.92. The first kappa shape index (κ1) is 56.4. The molecule has 416 valence electrons. The highest BCUT2D eigenvalue weighted by Gasteiger charge is 2.19. The molecule has 0 fully saturated rings. The van der Waals surface area contributed by atoms with Crippen LogP contribution in [0.3, 0.4) is 0 Å². The van der Waals surface area contributed by atoms with Crippen molar-refractivity contribution in [3.05, 3.63) is 120 Å². The molecule has 0 spiro atoms. The predicted molar refractivity (Wildman–Crippen MR) is 347 cm³/mol. The molecule has 0 N–H and O–H groups in total. The second-order valence-electron chi connectivity index (χ2n) is 24.1. The van der Waals surface area contributed by atoms with Gasteiger partial charge in [0.25, 0.3) is 0 Å². The minimum absolute atomic E-state index is 1.04. The summed E-state index contributed by atoms with van der Waals surface area (Å²) in [6.45, 7) is 10.1. The lowest BCUT2D eigenvalue weighted by atomic mass is 10.1. The molecule has 4 nitrogen and oxygen atoms in total. The molecule has 0 atom stereocenters. The van der Waals surface area contributed by atoms with Crippen molar-refractivity contribution >= 4 is 87.2 Å². The van der Waals surface area contributed by atoms with Gasteiger partial charge in [0.15, 0.2) is 0 Å². The Morgan fingerprint density at radius 1 is 0.253 bits per heavy atom. The van der Waals surface area contributed by atoms with Crippen molar-refractivity contribution in [2.45, 2.75) is 233 Å². The Morgan fingerprint density at radius 2 is 0.532 bits per heavy atom. The molecule has 0 saturated heterocycles. The highest BCUT2D eigenvalue weighted by molar-refractivity contribution is 6.19. The molecule has 0 aliphatic heterocycles. The Balaban J connectivity index is 0.945. The summed E-state index contributed by atoms with van der Waals surface area (Å²) < 4.78 is 10.3. The summed E-state index contributed by atoms with van der Waals surface area (Å²) in [6.07, 6.45) is 40.5. The van der Waals surface area contributed by atoms with Crippen molar-refractivity contribution in [1.29, 1.82) is 0 Å². The molecule has 4 aromatic heterocycles. The summed E-state index contributed by atoms with van der Waals surface area (Å²) in [5.74, 6) is 7.43. The minimum Gasteiger partial charge on any atom is -0.344 e. The fourth-order valence-corrected chi connectivity index (χ4v) is 13.7. The second kappa shape index (κ2) is 28.5. The van der Waals surface area contributed by atoms with E-state index >= 15 is 0 Å². The van der Waals surface area contributed by atoms with E-state index in [0.29, 0.717) is 0 Å². The van der Waals surface area contributed by atoms with E-state index in [1.54, 1.807) is 0 Å². The average Bonchev–Trinajstić information content (AvgIpc) is 4.28. The second-order valence-corrected chi connectivity index (χ2v) is 24.1. The molecule has 6 aromatic carbocycles. The number of rotatable bonds is 33. The molecule has 4 heterocycles. The molecule has 0 aliphatic carbocycles. The molecule has 0 radical (unpaired) electrons. The van der Waals surface area contributed by atoms with Gasteiger partial charge in [-0.15, -0.1) is 0 Å². The van der Waals surface area contributed by atoms with E-state index in [9.17, 15) is 0 Å². The van der Waals surface area contributed by atoms with Gasteiger partial charge in [0.05, 0.1) is 0 Å². The monoisotopic (exact) mass is 1050 g/mol. The van der Waals surface area contributed by atoms with Crippen LogP contribution < -0.4 is 0 Å². The number of unbranched alkanes of at least 4 members (excludes halogenated alkanes) is 27. The van der Waals surface area contributed by atoms with E-state index in [1.807, 2.05) is 0 Å². The van der Waals surface area contributed by atoms with Crippen molar-refractivity contribution in [1.82, 2.24) is 18.3 Å². The number of benzene rings is 6. The van der Waals surface area contributed by atoms with Gasteiger partial charge in [-0.05, 0) is 92.1 Å². The van der Waals surface area contributed by atoms with Gasteiger partial charge in [0.1, 0.15) is 0 Å². The standard InChI is InChI=1S/C75H96N4/c1-5-8-11-14-17-20-23-26-29-36-49-77-69-42-35-33-40-61(69)65-56-75-67(57-73(65)77)63-53-59(46-48-71(63)79(75)51-38-31-28-25-22-19-16-13-10-7-3)44-43-58-45-47-70-62(52-58)66-54-72-64(60-39-32-34-41-68(60)76(72)4)55-74(66)78(70)50-37-30-27-24-21-18-15-12-9-6-2/h32-35,39-42,45-48,52-57H,5-31,36-38,49-51H2,1-4H3. The van der Waals surface area contributed by atoms with Gasteiger partial charge < -0.3 is 18.3 Å². The fourth-order valence-electron chi connectivity index (χ4n) is 13.7. The zero-order chi connectivity index (χ0) is 54.2. The number of aromatic nitrogens is 4. The maximum absolute atomic E-state index is 3.72. The van der Waals surface area contributed by atoms with Crippen LogP contribution in [0.15, 0.2) is 109 Å². The smallest absolute Gasteiger partial charge is 0.0499 e. The molecule has 0 unspecified atom stereocenters. The van der Waals surface area contributed by atoms with E-state index in [0.717, 1.165) is 30.8 Å². The quantitative estimate of drug-likeness (QED) is 0.0289. The van der Waals surface area contributed by atoms with Gasteiger partial charge in [-0.25, -0.2) is 0 Å². The SMILES string of the molecule is CCCCCCCCCCCCn1c2ccc(C#Cc3ccc4c(c3)c3cc5c(cc3n4CCCCCCCCCCCC)c3ccccc3n5CCCCCCCCCCCC)cc2c2cc3c(cc21)c1ccccc1n3C. The summed E-state index contributed by atoms with van der Waals surface area (Å²) in [6, 6.07) is 42.3. The molecule has 79 heavy (non-hydrogen) atoms. The largest absolute Gasteiger partial charge is 0.344 e. The van der Waals surface area contributed by atoms with Gasteiger partial charge in [0.2, 0.25) is 0 Å². The van der Waals surface area contributed by atoms with Crippen LogP contribution in [-0.2, 0) is 26.7 Å². The van der Waals surface area contributed by atoms with E-state index in [1.165, 1.54) is 280 Å². The number of hydrogen-bond acceptors (Lipinski definition) is 0. The van der Waals surface area contributed by atoms with Crippen molar-refractivity contribution < 1.29 is 0 Å². The van der Waals surface area contributed by atoms with Crippen LogP contribution in [0.25, 0.3) is 87.2 Å². The van der Waals surface area contributed by atoms with E-state index in [4.69, 9.17) is 0 Å². The molecule has 4 heteroatoms. The Bertz CT molecular complexity index is 3630. The van der Waals surface area contributed by atoms with Gasteiger partial charge in [-0.2, -0.15) is 0 Å². The molecule has 0 bridgehead atoms. The average molecular weight is 1050 g/mol. The van der Waals surface area contributed by atoms with Crippen LogP contribution in [0.1, 0.15) is 225 Å². The first-order chi connectivity index (χ1) is 39.1. The highest BCUT2D eigenvalue weighted by Crippen LogP contribution is 2.40. The summed E-state index contributed by atoms with van der Waals surface area (Å²) >= 11 is 0. The number of hydrogen-bond donors (Lipinski definition) is 0. The van der Waals surface area contributed by atoms with Crippen molar-refractivity contribution in [3.63, 3.8) is 0 Å². The van der Waals surface area contributed by atoms with Crippen LogP contribution in [0.5, 0.6) is 0 Å². The maximum Gasteiger partial charge on any atom is 0.0499 e. The van der Waals surface area contributed by atoms with E-state index in [2.05, 4.69) is 167 Å². The first-order valence-corrected chi connectivity index (χ1v) is 32.5. The number of aryl methyl sites for hydroxylation is 4. The Kier molecular flexibility index (Phi) is 20.3. The summed E-state index contributed by atoms with van der Waals surface area (Å²) in [7, 11) is 2.23. The van der Waals surface area contributed by atoms with E-state index in [-0.39, 0.29) is 0 Å². The molecular formula is C75H96N4. The predicted octanol–water partition coefficient (Wildman–Crippen LogP) is 22.8. The number of nitrogens with zero attached hydrogens (tertiary/aromatic N) is 4. The molecule has 0 saturated carbocycles. The lowest BCUT2D eigenvalue weighted by Crippen LogP contribution is -1.99. The molecule has 10 aromatic rings. The third-order valence-electron chi connectivity index (χ3n) is 18.2. The molecule has 0 amide bonds. The van der Waals surface area contributed by atoms with Gasteiger partial charge in [0, 0.05) is 125 Å². The van der Waals surface area contributed by atoms with Crippen molar-refractivity contribution in [2.75, 3.05) is 0 Å². The zero-order valence-electron chi connectivity index (χ0n) is 49.5. The summed E-state index contributed by atoms with van der Waals surface area (Å²) in [5, 5.41) is 10.8. The lowest BCUT2D eigenvalue weighted by molar-refractivity contribution is 0.541. The van der Waals surface area contributed by atoms with E-state index < -0.39 is 0 Å². The Labute approximate surface area is 475 Å². The van der Waals surface area contributed by atoms with Crippen LogP contribution in [0, 0.1) is 11.8 Å². The van der Waals surface area contributed by atoms with Crippen molar-refractivity contribution in [2.24, 2.45) is 7.05 Å². The lowest BCUT2D eigenvalue weighted by Gasteiger charge is -2.09. The summed E-state index contributed by atoms with van der Waals surface area (Å²) in [4.78, 5) is 0. The zero-order valence-corrected chi connectivity index (χ0v) is 49.5. The normalized spacial score (nSPS) is 12.1. The van der Waals surface area contributed by atoms with Crippen LogP contribution >= 0.6 is 0 Å². The third-order valence-corrected chi connectivity index (χ3v) is 18.2. The number of para-hydroxylation sites is 2. The van der Waals surface area contributed by atoms with Gasteiger partial charge in [-0.1, -0.05) is 242 Å². The van der Waals surface area contributed by atoms with Crippen LogP contribution in [-0.4, -0.2) is 18.3 Å². The van der Waals surface area contributed by atoms with Crippen LogP contribution in [0.4, 0.5) is 0 Å². The fraction of sp³-hybridized carbons (Fsp3) is 0.493. The summed E-state index contributed by atoms with van der Waals surface area (Å²) in [5.41, 5.74) is 12.9. The minimum atomic E-state index is 1.04. The first-order valence-electron chi connectivity index (χ1n) is 32.5. The highest BCUT2D eigenvalue weighted by atomic mass is 15.0. The molecule has 10 rings (SSSR count). The van der Waals surface area contributed by atoms with Gasteiger partial charge >= 0.3 is 0 Å². The van der Waals surface area contributed by atoms with Crippen molar-refractivity contribution in [3.8, 4) is 11.8 Å². The topological polar surface area (TPSA) is 19.7 Å². The van der Waals surface area contributed by atoms with Gasteiger partial charge in [-0.3, -0.25) is 0 Å². The Morgan fingerprint density at radius 3 is 0.924 bits per heavy atom. The number of fused-ring (bicyclic) bond motifs is 12. The van der Waals surface area contributed by atoms with Crippen LogP contribution in [0.2, 0.25) is 0 Å². The maximum atomic E-state index is 3.72. The molecule has 0 aliphatic rings. The third kappa shape index (κ3) is 13.3. The molecular weight excluding hydrogens is 957 g/mol.